The third-order valence-corrected chi connectivity index (χ3v) is 6.33. The number of nitrogens with zero attached hydrogens (tertiary/aromatic N) is 2. The van der Waals surface area contributed by atoms with Gasteiger partial charge in [0, 0.05) is 13.1 Å². The highest BCUT2D eigenvalue weighted by Crippen LogP contribution is 2.25. The summed E-state index contributed by atoms with van der Waals surface area (Å²) < 4.78 is 28.0. The molecular weight excluding hydrogens is 418 g/mol. The molecule has 0 aliphatic heterocycles. The summed E-state index contributed by atoms with van der Waals surface area (Å²) in [7, 11) is 0.255. The summed E-state index contributed by atoms with van der Waals surface area (Å²) >= 11 is 5.91. The molecule has 0 fully saturated rings. The first-order valence-electron chi connectivity index (χ1n) is 9.31. The van der Waals surface area contributed by atoms with Crippen molar-refractivity contribution in [2.24, 2.45) is 0 Å². The Labute approximate surface area is 182 Å². The van der Waals surface area contributed by atoms with E-state index < -0.39 is 10.0 Å². The standard InChI is InChI=1S/C23H22ClN3O2S/c1-27(2)16-17-7-9-18(10-8-17)22-6-4-3-5-19(22)15-26-30(28,29)21-11-12-23(24)20(13-21)14-25/h3-13,26H,15-16H2,1-2H3. The van der Waals surface area contributed by atoms with Gasteiger partial charge in [-0.15, -0.1) is 0 Å². The van der Waals surface area contributed by atoms with Crippen molar-refractivity contribution in [2.45, 2.75) is 18.0 Å². The zero-order valence-corrected chi connectivity index (χ0v) is 18.3. The second-order valence-electron chi connectivity index (χ2n) is 7.17. The van der Waals surface area contributed by atoms with Crippen LogP contribution in [-0.4, -0.2) is 27.4 Å². The van der Waals surface area contributed by atoms with Gasteiger partial charge in [-0.2, -0.15) is 5.26 Å². The van der Waals surface area contributed by atoms with E-state index in [2.05, 4.69) is 21.8 Å². The van der Waals surface area contributed by atoms with E-state index in [4.69, 9.17) is 16.9 Å². The summed E-state index contributed by atoms with van der Waals surface area (Å²) in [4.78, 5) is 2.11. The number of benzene rings is 3. The fourth-order valence-electron chi connectivity index (χ4n) is 3.12. The smallest absolute Gasteiger partial charge is 0.240 e. The molecule has 0 amide bonds. The van der Waals surface area contributed by atoms with Crippen molar-refractivity contribution in [1.82, 2.24) is 9.62 Å². The molecule has 0 heterocycles. The van der Waals surface area contributed by atoms with Gasteiger partial charge in [-0.05, 0) is 54.5 Å². The maximum absolute atomic E-state index is 12.7. The fraction of sp³-hybridized carbons (Fsp3) is 0.174. The molecule has 0 aliphatic carbocycles. The van der Waals surface area contributed by atoms with E-state index in [1.165, 1.54) is 23.8 Å². The van der Waals surface area contributed by atoms with Crippen LogP contribution in [0.2, 0.25) is 5.02 Å². The number of hydrogen-bond donors (Lipinski definition) is 1. The molecule has 154 valence electrons. The molecule has 0 aliphatic rings. The highest BCUT2D eigenvalue weighted by atomic mass is 35.5. The molecule has 3 rings (SSSR count). The van der Waals surface area contributed by atoms with E-state index in [0.29, 0.717) is 0 Å². The van der Waals surface area contributed by atoms with Crippen molar-refractivity contribution >= 4 is 21.6 Å². The van der Waals surface area contributed by atoms with E-state index in [0.717, 1.165) is 23.2 Å². The van der Waals surface area contributed by atoms with Gasteiger partial charge in [-0.1, -0.05) is 60.1 Å². The Balaban J connectivity index is 1.82. The maximum atomic E-state index is 12.7. The topological polar surface area (TPSA) is 73.2 Å². The van der Waals surface area contributed by atoms with Gasteiger partial charge in [0.2, 0.25) is 10.0 Å². The highest BCUT2D eigenvalue weighted by molar-refractivity contribution is 7.89. The Morgan fingerprint density at radius 2 is 1.73 bits per heavy atom. The predicted octanol–water partition coefficient (Wildman–Crippen LogP) is 4.42. The van der Waals surface area contributed by atoms with Crippen LogP contribution in [0.3, 0.4) is 0 Å². The average molecular weight is 440 g/mol. The van der Waals surface area contributed by atoms with Crippen LogP contribution in [0.4, 0.5) is 0 Å². The average Bonchev–Trinajstić information content (AvgIpc) is 2.73. The van der Waals surface area contributed by atoms with Gasteiger partial charge in [0.25, 0.3) is 0 Å². The van der Waals surface area contributed by atoms with Crippen LogP contribution >= 0.6 is 11.6 Å². The van der Waals surface area contributed by atoms with Crippen LogP contribution in [0.25, 0.3) is 11.1 Å². The molecule has 0 bridgehead atoms. The van der Waals surface area contributed by atoms with Gasteiger partial charge in [0.15, 0.2) is 0 Å². The zero-order valence-electron chi connectivity index (χ0n) is 16.8. The molecule has 0 atom stereocenters. The van der Waals surface area contributed by atoms with Crippen LogP contribution < -0.4 is 4.72 Å². The first kappa shape index (κ1) is 22.0. The number of nitriles is 1. The van der Waals surface area contributed by atoms with Crippen molar-refractivity contribution in [2.75, 3.05) is 14.1 Å². The molecule has 0 aromatic heterocycles. The third-order valence-electron chi connectivity index (χ3n) is 4.60. The molecule has 30 heavy (non-hydrogen) atoms. The van der Waals surface area contributed by atoms with E-state index in [1.807, 2.05) is 56.6 Å². The Morgan fingerprint density at radius 3 is 2.40 bits per heavy atom. The van der Waals surface area contributed by atoms with Crippen molar-refractivity contribution in [3.8, 4) is 17.2 Å². The number of rotatable bonds is 7. The molecule has 0 unspecified atom stereocenters. The molecule has 7 heteroatoms. The van der Waals surface area contributed by atoms with Crippen molar-refractivity contribution in [1.29, 1.82) is 5.26 Å². The van der Waals surface area contributed by atoms with Crippen molar-refractivity contribution in [3.05, 3.63) is 88.4 Å². The van der Waals surface area contributed by atoms with E-state index in [9.17, 15) is 8.42 Å². The van der Waals surface area contributed by atoms with E-state index >= 15 is 0 Å². The van der Waals surface area contributed by atoms with Gasteiger partial charge >= 0.3 is 0 Å². The van der Waals surface area contributed by atoms with Crippen LogP contribution in [0.15, 0.2) is 71.6 Å². The Kier molecular flexibility index (Phi) is 6.91. The lowest BCUT2D eigenvalue weighted by atomic mass is 9.99. The predicted molar refractivity (Wildman–Crippen MR) is 119 cm³/mol. The number of nitrogens with one attached hydrogen (secondary N) is 1. The normalized spacial score (nSPS) is 11.4. The first-order valence-corrected chi connectivity index (χ1v) is 11.2. The van der Waals surface area contributed by atoms with Crippen LogP contribution in [-0.2, 0) is 23.1 Å². The second-order valence-corrected chi connectivity index (χ2v) is 9.34. The Morgan fingerprint density at radius 1 is 1.03 bits per heavy atom. The minimum atomic E-state index is -3.79. The molecule has 0 spiro atoms. The Hall–Kier alpha value is -2.69. The molecule has 0 radical (unpaired) electrons. The van der Waals surface area contributed by atoms with Crippen molar-refractivity contribution in [3.63, 3.8) is 0 Å². The summed E-state index contributed by atoms with van der Waals surface area (Å²) in [6, 6.07) is 21.9. The molecule has 3 aromatic carbocycles. The van der Waals surface area contributed by atoms with Crippen LogP contribution in [0, 0.1) is 11.3 Å². The summed E-state index contributed by atoms with van der Waals surface area (Å²) in [5.74, 6) is 0. The lowest BCUT2D eigenvalue weighted by molar-refractivity contribution is 0.402. The van der Waals surface area contributed by atoms with E-state index in [1.54, 1.807) is 0 Å². The molecular formula is C23H22ClN3O2S. The second kappa shape index (κ2) is 9.41. The van der Waals surface area contributed by atoms with Crippen LogP contribution in [0.1, 0.15) is 16.7 Å². The SMILES string of the molecule is CN(C)Cc1ccc(-c2ccccc2CNS(=O)(=O)c2ccc(Cl)c(C#N)c2)cc1. The Bertz CT molecular complexity index is 1180. The van der Waals surface area contributed by atoms with Gasteiger partial charge in [-0.3, -0.25) is 0 Å². The number of hydrogen-bond acceptors (Lipinski definition) is 4. The lowest BCUT2D eigenvalue weighted by Gasteiger charge is -2.13. The monoisotopic (exact) mass is 439 g/mol. The van der Waals surface area contributed by atoms with Crippen LogP contribution in [0.5, 0.6) is 0 Å². The summed E-state index contributed by atoms with van der Waals surface area (Å²) in [6.45, 7) is 0.982. The minimum absolute atomic E-state index is 0.00831. The first-order chi connectivity index (χ1) is 14.3. The molecule has 0 saturated heterocycles. The summed E-state index contributed by atoms with van der Waals surface area (Å²) in [5, 5.41) is 9.32. The highest BCUT2D eigenvalue weighted by Gasteiger charge is 2.16. The maximum Gasteiger partial charge on any atom is 0.240 e. The summed E-state index contributed by atoms with van der Waals surface area (Å²) in [5.41, 5.74) is 4.17. The van der Waals surface area contributed by atoms with Gasteiger partial charge < -0.3 is 4.90 Å². The van der Waals surface area contributed by atoms with Gasteiger partial charge in [0.05, 0.1) is 15.5 Å². The summed E-state index contributed by atoms with van der Waals surface area (Å²) in [6.07, 6.45) is 0. The lowest BCUT2D eigenvalue weighted by Crippen LogP contribution is -2.23. The van der Waals surface area contributed by atoms with Gasteiger partial charge in [0.1, 0.15) is 6.07 Å². The molecule has 5 nitrogen and oxygen atoms in total. The quantitative estimate of drug-likeness (QED) is 0.591. The van der Waals surface area contributed by atoms with Crippen molar-refractivity contribution < 1.29 is 8.42 Å². The molecule has 3 aromatic rings. The number of halogens is 1. The molecule has 1 N–H and O–H groups in total. The largest absolute Gasteiger partial charge is 0.305 e. The number of sulfonamides is 1. The van der Waals surface area contributed by atoms with Gasteiger partial charge in [-0.25, -0.2) is 13.1 Å². The third kappa shape index (κ3) is 5.26. The minimum Gasteiger partial charge on any atom is -0.305 e. The zero-order chi connectivity index (χ0) is 21.7. The fourth-order valence-corrected chi connectivity index (χ4v) is 4.32. The van der Waals surface area contributed by atoms with E-state index in [-0.39, 0.29) is 22.0 Å². The molecule has 0 saturated carbocycles.